The smallest absolute Gasteiger partial charge is 0.238 e. The van der Waals surface area contributed by atoms with Crippen LogP contribution in [0.2, 0.25) is 5.02 Å². The number of rotatable bonds is 3. The van der Waals surface area contributed by atoms with Gasteiger partial charge in [-0.05, 0) is 31.8 Å². The third-order valence-electron chi connectivity index (χ3n) is 4.35. The largest absolute Gasteiger partial charge is 0.490 e. The lowest BCUT2D eigenvalue weighted by atomic mass is 9.99. The number of hydrogen-bond acceptors (Lipinski definition) is 4. The molecule has 0 atom stereocenters. The zero-order chi connectivity index (χ0) is 16.2. The van der Waals surface area contributed by atoms with Crippen molar-refractivity contribution < 1.29 is 14.3 Å². The van der Waals surface area contributed by atoms with Gasteiger partial charge in [0.05, 0.1) is 30.5 Å². The minimum Gasteiger partial charge on any atom is -0.490 e. The first-order chi connectivity index (χ1) is 11.1. The van der Waals surface area contributed by atoms with Crippen LogP contribution in [0, 0.1) is 5.92 Å². The van der Waals surface area contributed by atoms with E-state index in [1.165, 1.54) is 0 Å². The molecule has 0 spiro atoms. The van der Waals surface area contributed by atoms with Crippen LogP contribution in [0.3, 0.4) is 0 Å². The standard InChI is InChI=1S/C17H23ClN2O3/c1-12-3-5-20(6-4-12)11-17(21)19-14-10-16-15(9-13(14)18)22-7-2-8-23-16/h9-10,12H,2-8,11H2,1H3,(H,19,21). The molecule has 0 radical (unpaired) electrons. The van der Waals surface area contributed by atoms with Crippen molar-refractivity contribution in [1.29, 1.82) is 0 Å². The highest BCUT2D eigenvalue weighted by atomic mass is 35.5. The number of fused-ring (bicyclic) bond motifs is 1. The van der Waals surface area contributed by atoms with Crippen LogP contribution in [-0.4, -0.2) is 43.7 Å². The number of nitrogens with one attached hydrogen (secondary N) is 1. The number of halogens is 1. The summed E-state index contributed by atoms with van der Waals surface area (Å²) in [6, 6.07) is 3.46. The third-order valence-corrected chi connectivity index (χ3v) is 4.67. The molecule has 5 nitrogen and oxygen atoms in total. The topological polar surface area (TPSA) is 50.8 Å². The molecule has 0 unspecified atom stereocenters. The van der Waals surface area contributed by atoms with Gasteiger partial charge in [-0.2, -0.15) is 0 Å². The fourth-order valence-electron chi connectivity index (χ4n) is 2.89. The quantitative estimate of drug-likeness (QED) is 0.919. The second kappa shape index (κ2) is 7.41. The van der Waals surface area contributed by atoms with Crippen LogP contribution in [0.1, 0.15) is 26.2 Å². The lowest BCUT2D eigenvalue weighted by Gasteiger charge is -2.29. The van der Waals surface area contributed by atoms with Gasteiger partial charge in [0.2, 0.25) is 5.91 Å². The highest BCUT2D eigenvalue weighted by Gasteiger charge is 2.19. The molecule has 6 heteroatoms. The van der Waals surface area contributed by atoms with Gasteiger partial charge in [0, 0.05) is 18.6 Å². The maximum absolute atomic E-state index is 12.3. The van der Waals surface area contributed by atoms with E-state index in [2.05, 4.69) is 17.1 Å². The number of likely N-dealkylation sites (tertiary alicyclic amines) is 1. The molecule has 0 aromatic heterocycles. The maximum Gasteiger partial charge on any atom is 0.238 e. The summed E-state index contributed by atoms with van der Waals surface area (Å²) in [5.74, 6) is 1.98. The third kappa shape index (κ3) is 4.30. The molecule has 126 valence electrons. The summed E-state index contributed by atoms with van der Waals surface area (Å²) in [6.45, 7) is 5.83. The van der Waals surface area contributed by atoms with Crippen LogP contribution in [0.25, 0.3) is 0 Å². The summed E-state index contributed by atoms with van der Waals surface area (Å²) in [5, 5.41) is 3.36. The van der Waals surface area contributed by atoms with Crippen molar-refractivity contribution in [2.45, 2.75) is 26.2 Å². The van der Waals surface area contributed by atoms with Crippen LogP contribution in [0.4, 0.5) is 5.69 Å². The molecule has 1 amide bonds. The minimum absolute atomic E-state index is 0.0454. The number of amides is 1. The molecule has 3 rings (SSSR count). The van der Waals surface area contributed by atoms with E-state index in [-0.39, 0.29) is 5.91 Å². The van der Waals surface area contributed by atoms with Crippen molar-refractivity contribution in [3.63, 3.8) is 0 Å². The van der Waals surface area contributed by atoms with Crippen LogP contribution < -0.4 is 14.8 Å². The van der Waals surface area contributed by atoms with Crippen molar-refractivity contribution in [1.82, 2.24) is 4.90 Å². The highest BCUT2D eigenvalue weighted by molar-refractivity contribution is 6.34. The van der Waals surface area contributed by atoms with Crippen molar-refractivity contribution in [2.24, 2.45) is 5.92 Å². The Bertz CT molecular complexity index is 571. The highest BCUT2D eigenvalue weighted by Crippen LogP contribution is 2.37. The Morgan fingerprint density at radius 1 is 1.26 bits per heavy atom. The van der Waals surface area contributed by atoms with Crippen LogP contribution in [0.15, 0.2) is 12.1 Å². The summed E-state index contributed by atoms with van der Waals surface area (Å²) in [6.07, 6.45) is 3.14. The number of benzene rings is 1. The molecule has 0 bridgehead atoms. The van der Waals surface area contributed by atoms with E-state index < -0.39 is 0 Å². The Kier molecular flexibility index (Phi) is 5.28. The molecule has 23 heavy (non-hydrogen) atoms. The minimum atomic E-state index is -0.0454. The monoisotopic (exact) mass is 338 g/mol. The first-order valence-electron chi connectivity index (χ1n) is 8.23. The van der Waals surface area contributed by atoms with Crippen molar-refractivity contribution in [3.8, 4) is 11.5 Å². The summed E-state index contributed by atoms with van der Waals surface area (Å²) in [4.78, 5) is 14.5. The van der Waals surface area contributed by atoms with Gasteiger partial charge < -0.3 is 14.8 Å². The number of nitrogens with zero attached hydrogens (tertiary/aromatic N) is 1. The summed E-state index contributed by atoms with van der Waals surface area (Å²) >= 11 is 6.26. The fourth-order valence-corrected chi connectivity index (χ4v) is 3.09. The molecule has 1 aromatic rings. The van der Waals surface area contributed by atoms with Gasteiger partial charge in [-0.15, -0.1) is 0 Å². The van der Waals surface area contributed by atoms with E-state index >= 15 is 0 Å². The number of ether oxygens (including phenoxy) is 2. The first kappa shape index (κ1) is 16.4. The fraction of sp³-hybridized carbons (Fsp3) is 0.588. The average molecular weight is 339 g/mol. The number of carbonyl (C=O) groups is 1. The van der Waals surface area contributed by atoms with Gasteiger partial charge in [0.15, 0.2) is 11.5 Å². The predicted octanol–water partition coefficient (Wildman–Crippen LogP) is 3.17. The Morgan fingerprint density at radius 2 is 1.91 bits per heavy atom. The van der Waals surface area contributed by atoms with E-state index in [9.17, 15) is 4.79 Å². The van der Waals surface area contributed by atoms with Gasteiger partial charge >= 0.3 is 0 Å². The molecule has 0 aliphatic carbocycles. The summed E-state index contributed by atoms with van der Waals surface area (Å²) in [7, 11) is 0. The predicted molar refractivity (Wildman–Crippen MR) is 90.5 cm³/mol. The van der Waals surface area contributed by atoms with Gasteiger partial charge in [0.25, 0.3) is 0 Å². The summed E-state index contributed by atoms with van der Waals surface area (Å²) < 4.78 is 11.2. The number of anilines is 1. The zero-order valence-corrected chi connectivity index (χ0v) is 14.2. The Morgan fingerprint density at radius 3 is 2.61 bits per heavy atom. The van der Waals surface area contributed by atoms with E-state index in [0.29, 0.717) is 42.0 Å². The van der Waals surface area contributed by atoms with Crippen LogP contribution in [-0.2, 0) is 4.79 Å². The van der Waals surface area contributed by atoms with Crippen LogP contribution >= 0.6 is 11.6 Å². The number of piperidine rings is 1. The van der Waals surface area contributed by atoms with E-state index in [1.807, 2.05) is 0 Å². The number of carbonyl (C=O) groups excluding carboxylic acids is 1. The first-order valence-corrected chi connectivity index (χ1v) is 8.61. The second-order valence-corrected chi connectivity index (χ2v) is 6.74. The molecule has 1 N–H and O–H groups in total. The molecular formula is C17H23ClN2O3. The second-order valence-electron chi connectivity index (χ2n) is 6.34. The van der Waals surface area contributed by atoms with Gasteiger partial charge in [-0.25, -0.2) is 0 Å². The van der Waals surface area contributed by atoms with Crippen molar-refractivity contribution in [3.05, 3.63) is 17.2 Å². The molecule has 2 aliphatic rings. The Labute approximate surface area is 141 Å². The zero-order valence-electron chi connectivity index (χ0n) is 13.4. The maximum atomic E-state index is 12.3. The lowest BCUT2D eigenvalue weighted by molar-refractivity contribution is -0.117. The molecule has 2 heterocycles. The van der Waals surface area contributed by atoms with E-state index in [1.54, 1.807) is 12.1 Å². The van der Waals surface area contributed by atoms with E-state index in [4.69, 9.17) is 21.1 Å². The summed E-state index contributed by atoms with van der Waals surface area (Å²) in [5.41, 5.74) is 0.575. The van der Waals surface area contributed by atoms with Crippen molar-refractivity contribution >= 4 is 23.2 Å². The number of hydrogen-bond donors (Lipinski definition) is 1. The molecule has 0 saturated carbocycles. The molecular weight excluding hydrogens is 316 g/mol. The van der Waals surface area contributed by atoms with Gasteiger partial charge in [-0.3, -0.25) is 9.69 Å². The molecule has 2 aliphatic heterocycles. The van der Waals surface area contributed by atoms with E-state index in [0.717, 1.165) is 38.3 Å². The van der Waals surface area contributed by atoms with Gasteiger partial charge in [0.1, 0.15) is 0 Å². The average Bonchev–Trinajstić information content (AvgIpc) is 2.75. The normalized spacial score (nSPS) is 19.2. The SMILES string of the molecule is CC1CCN(CC(=O)Nc2cc3c(cc2Cl)OCCCO3)CC1. The van der Waals surface area contributed by atoms with Gasteiger partial charge in [-0.1, -0.05) is 18.5 Å². The Balaban J connectivity index is 1.63. The molecule has 1 fully saturated rings. The Hall–Kier alpha value is -1.46. The van der Waals surface area contributed by atoms with Crippen molar-refractivity contribution in [2.75, 3.05) is 38.2 Å². The van der Waals surface area contributed by atoms with Crippen LogP contribution in [0.5, 0.6) is 11.5 Å². The molecule has 1 saturated heterocycles. The molecule has 1 aromatic carbocycles. The lowest BCUT2D eigenvalue weighted by Crippen LogP contribution is -2.38.